The van der Waals surface area contributed by atoms with E-state index in [1.54, 1.807) is 12.4 Å². The van der Waals surface area contributed by atoms with Crippen LogP contribution in [0.2, 0.25) is 0 Å². The summed E-state index contributed by atoms with van der Waals surface area (Å²) >= 11 is 0. The van der Waals surface area contributed by atoms with E-state index in [1.807, 2.05) is 24.3 Å². The zero-order chi connectivity index (χ0) is 18.8. The van der Waals surface area contributed by atoms with Crippen molar-refractivity contribution < 1.29 is 4.74 Å². The lowest BCUT2D eigenvalue weighted by Gasteiger charge is -2.37. The van der Waals surface area contributed by atoms with E-state index in [9.17, 15) is 0 Å². The van der Waals surface area contributed by atoms with Crippen LogP contribution in [0, 0.1) is 0 Å². The molecule has 0 spiro atoms. The molecule has 144 valence electrons. The highest BCUT2D eigenvalue weighted by molar-refractivity contribution is 5.80. The molecule has 0 atom stereocenters. The highest BCUT2D eigenvalue weighted by atomic mass is 16.5. The van der Waals surface area contributed by atoms with E-state index >= 15 is 0 Å². The van der Waals surface area contributed by atoms with Gasteiger partial charge in [-0.3, -0.25) is 0 Å². The molecule has 1 aromatic carbocycles. The van der Waals surface area contributed by atoms with Crippen molar-refractivity contribution in [3.05, 3.63) is 48.8 Å². The fraction of sp³-hybridized carbons (Fsp3) is 0.381. The van der Waals surface area contributed by atoms with Gasteiger partial charge in [-0.1, -0.05) is 18.2 Å². The quantitative estimate of drug-likeness (QED) is 0.708. The molecule has 3 aromatic rings. The Kier molecular flexibility index (Phi) is 4.66. The Hall–Kier alpha value is -2.93. The largest absolute Gasteiger partial charge is 0.472 e. The average Bonchev–Trinajstić information content (AvgIpc) is 2.73. The van der Waals surface area contributed by atoms with Crippen LogP contribution >= 0.6 is 0 Å². The maximum atomic E-state index is 6.18. The van der Waals surface area contributed by atoms with Gasteiger partial charge in [-0.25, -0.2) is 15.0 Å². The number of fused-ring (bicyclic) bond motifs is 1. The predicted molar refractivity (Wildman–Crippen MR) is 110 cm³/mol. The molecule has 5 rings (SSSR count). The van der Waals surface area contributed by atoms with E-state index in [0.29, 0.717) is 11.9 Å². The average molecular weight is 376 g/mol. The van der Waals surface area contributed by atoms with Crippen molar-refractivity contribution >= 4 is 22.5 Å². The first-order chi connectivity index (χ1) is 13.8. The highest BCUT2D eigenvalue weighted by Crippen LogP contribution is 2.31. The molecular formula is C21H24N6O. The maximum Gasteiger partial charge on any atom is 0.257 e. The summed E-state index contributed by atoms with van der Waals surface area (Å²) in [5, 5.41) is 8.04. The van der Waals surface area contributed by atoms with Crippen LogP contribution in [0.15, 0.2) is 48.8 Å². The standard InChI is InChI=1S/C21H24N6O/c1-2-4-18-15(3-1)5-6-19(26-18)25-16-13-17(14-16)28-21-20(23-7-8-24-21)27-11-9-22-10-12-27/h1-8,16-17,22H,9-14H2,(H,25,26). The number of para-hydroxylation sites is 1. The van der Waals surface area contributed by atoms with Crippen molar-refractivity contribution in [2.24, 2.45) is 0 Å². The molecule has 1 saturated heterocycles. The maximum absolute atomic E-state index is 6.18. The summed E-state index contributed by atoms with van der Waals surface area (Å²) in [6.45, 7) is 3.78. The number of rotatable bonds is 5. The first-order valence-corrected chi connectivity index (χ1v) is 9.91. The Bertz CT molecular complexity index is 952. The summed E-state index contributed by atoms with van der Waals surface area (Å²) < 4.78 is 6.18. The lowest BCUT2D eigenvalue weighted by molar-refractivity contribution is 0.103. The second-order valence-electron chi connectivity index (χ2n) is 7.36. The molecule has 7 heteroatoms. The highest BCUT2D eigenvalue weighted by Gasteiger charge is 2.32. The van der Waals surface area contributed by atoms with Gasteiger partial charge in [0.05, 0.1) is 5.52 Å². The molecule has 0 unspecified atom stereocenters. The molecule has 2 aromatic heterocycles. The van der Waals surface area contributed by atoms with Gasteiger partial charge in [0.1, 0.15) is 11.9 Å². The molecule has 3 heterocycles. The molecule has 2 aliphatic rings. The summed E-state index contributed by atoms with van der Waals surface area (Å²) in [4.78, 5) is 15.9. The third kappa shape index (κ3) is 3.57. The van der Waals surface area contributed by atoms with Crippen LogP contribution in [0.5, 0.6) is 5.88 Å². The molecular weight excluding hydrogens is 352 g/mol. The van der Waals surface area contributed by atoms with E-state index < -0.39 is 0 Å². The van der Waals surface area contributed by atoms with E-state index in [4.69, 9.17) is 9.72 Å². The number of ether oxygens (including phenoxy) is 1. The Labute approximate surface area is 164 Å². The Morgan fingerprint density at radius 2 is 1.82 bits per heavy atom. The van der Waals surface area contributed by atoms with E-state index in [0.717, 1.165) is 61.6 Å². The Balaban J connectivity index is 1.19. The topological polar surface area (TPSA) is 75.2 Å². The van der Waals surface area contributed by atoms with Gasteiger partial charge in [-0.2, -0.15) is 0 Å². The number of piperazine rings is 1. The summed E-state index contributed by atoms with van der Waals surface area (Å²) in [6.07, 6.45) is 5.48. The van der Waals surface area contributed by atoms with Gasteiger partial charge in [0.2, 0.25) is 0 Å². The molecule has 2 N–H and O–H groups in total. The summed E-state index contributed by atoms with van der Waals surface area (Å²) in [5.41, 5.74) is 1.01. The van der Waals surface area contributed by atoms with Crippen molar-refractivity contribution in [3.8, 4) is 5.88 Å². The van der Waals surface area contributed by atoms with Crippen LogP contribution in [-0.4, -0.2) is 53.3 Å². The minimum Gasteiger partial charge on any atom is -0.472 e. The normalized spacial score (nSPS) is 21.9. The number of nitrogens with zero attached hydrogens (tertiary/aromatic N) is 4. The van der Waals surface area contributed by atoms with Crippen LogP contribution in [0.1, 0.15) is 12.8 Å². The second-order valence-corrected chi connectivity index (χ2v) is 7.36. The summed E-state index contributed by atoms with van der Waals surface area (Å²) in [5.74, 6) is 2.43. The third-order valence-corrected chi connectivity index (χ3v) is 5.39. The zero-order valence-corrected chi connectivity index (χ0v) is 15.7. The smallest absolute Gasteiger partial charge is 0.257 e. The van der Waals surface area contributed by atoms with Crippen LogP contribution in [0.3, 0.4) is 0 Å². The first kappa shape index (κ1) is 17.2. The number of benzene rings is 1. The number of hydrogen-bond donors (Lipinski definition) is 2. The van der Waals surface area contributed by atoms with Crippen LogP contribution in [0.4, 0.5) is 11.6 Å². The second kappa shape index (κ2) is 7.59. The van der Waals surface area contributed by atoms with E-state index in [-0.39, 0.29) is 6.10 Å². The lowest BCUT2D eigenvalue weighted by Crippen LogP contribution is -2.45. The van der Waals surface area contributed by atoms with Crippen molar-refractivity contribution in [2.75, 3.05) is 36.4 Å². The Morgan fingerprint density at radius 1 is 1.00 bits per heavy atom. The van der Waals surface area contributed by atoms with Crippen molar-refractivity contribution in [1.82, 2.24) is 20.3 Å². The Morgan fingerprint density at radius 3 is 2.71 bits per heavy atom. The monoisotopic (exact) mass is 376 g/mol. The molecule has 1 aliphatic heterocycles. The lowest BCUT2D eigenvalue weighted by atomic mass is 9.89. The molecule has 2 fully saturated rings. The van der Waals surface area contributed by atoms with Crippen LogP contribution in [-0.2, 0) is 0 Å². The van der Waals surface area contributed by atoms with Gasteiger partial charge >= 0.3 is 0 Å². The fourth-order valence-electron chi connectivity index (χ4n) is 3.79. The third-order valence-electron chi connectivity index (χ3n) is 5.39. The molecule has 7 nitrogen and oxygen atoms in total. The number of hydrogen-bond acceptors (Lipinski definition) is 7. The summed E-state index contributed by atoms with van der Waals surface area (Å²) in [6, 6.07) is 12.7. The zero-order valence-electron chi connectivity index (χ0n) is 15.7. The van der Waals surface area contributed by atoms with Gasteiger partial charge in [0.15, 0.2) is 5.82 Å². The molecule has 1 aliphatic carbocycles. The van der Waals surface area contributed by atoms with Crippen molar-refractivity contribution in [3.63, 3.8) is 0 Å². The van der Waals surface area contributed by atoms with Gasteiger partial charge in [-0.05, 0) is 18.2 Å². The molecule has 0 bridgehead atoms. The SMILES string of the molecule is c1ccc2nc(NC3CC(Oc4nccnc4N4CCNCC4)C3)ccc2c1. The van der Waals surface area contributed by atoms with Gasteiger partial charge in [-0.15, -0.1) is 0 Å². The molecule has 1 saturated carbocycles. The summed E-state index contributed by atoms with van der Waals surface area (Å²) in [7, 11) is 0. The number of anilines is 2. The van der Waals surface area contributed by atoms with E-state index in [1.165, 1.54) is 0 Å². The molecule has 0 amide bonds. The van der Waals surface area contributed by atoms with E-state index in [2.05, 4.69) is 37.6 Å². The molecule has 0 radical (unpaired) electrons. The number of nitrogens with one attached hydrogen (secondary N) is 2. The van der Waals surface area contributed by atoms with Crippen molar-refractivity contribution in [2.45, 2.75) is 25.0 Å². The fourth-order valence-corrected chi connectivity index (χ4v) is 3.79. The molecule has 28 heavy (non-hydrogen) atoms. The number of pyridine rings is 1. The van der Waals surface area contributed by atoms with Gasteiger partial charge < -0.3 is 20.3 Å². The first-order valence-electron chi connectivity index (χ1n) is 9.91. The van der Waals surface area contributed by atoms with Crippen LogP contribution < -0.4 is 20.3 Å². The van der Waals surface area contributed by atoms with Crippen molar-refractivity contribution in [1.29, 1.82) is 0 Å². The van der Waals surface area contributed by atoms with Gasteiger partial charge in [0.25, 0.3) is 5.88 Å². The van der Waals surface area contributed by atoms with Crippen LogP contribution in [0.25, 0.3) is 10.9 Å². The minimum absolute atomic E-state index is 0.163. The predicted octanol–water partition coefficient (Wildman–Crippen LogP) is 2.46. The minimum atomic E-state index is 0.163. The number of aromatic nitrogens is 3. The van der Waals surface area contributed by atoms with Gasteiger partial charge in [0, 0.05) is 62.8 Å².